The number of carbonyl (C=O) groups is 2. The van der Waals surface area contributed by atoms with E-state index < -0.39 is 5.60 Å². The predicted molar refractivity (Wildman–Crippen MR) is 63.7 cm³/mol. The maximum Gasteiger partial charge on any atom is 0.410 e. The second kappa shape index (κ2) is 4.31. The molecule has 2 aliphatic heterocycles. The molecule has 0 aliphatic carbocycles. The molecular formula is C13H21NO3. The Morgan fingerprint density at radius 2 is 2.06 bits per heavy atom. The molecule has 96 valence electrons. The highest BCUT2D eigenvalue weighted by molar-refractivity contribution is 5.71. The minimum Gasteiger partial charge on any atom is -0.444 e. The zero-order valence-corrected chi connectivity index (χ0v) is 10.8. The Labute approximate surface area is 102 Å². The molecule has 2 aliphatic rings. The summed E-state index contributed by atoms with van der Waals surface area (Å²) < 4.78 is 5.42. The van der Waals surface area contributed by atoms with E-state index >= 15 is 0 Å². The topological polar surface area (TPSA) is 46.6 Å². The van der Waals surface area contributed by atoms with E-state index in [9.17, 15) is 9.59 Å². The van der Waals surface area contributed by atoms with Crippen LogP contribution in [0.5, 0.6) is 0 Å². The lowest BCUT2D eigenvalue weighted by Gasteiger charge is -2.36. The van der Waals surface area contributed by atoms with E-state index in [1.54, 1.807) is 0 Å². The number of aldehydes is 1. The van der Waals surface area contributed by atoms with Crippen molar-refractivity contribution in [3.63, 3.8) is 0 Å². The lowest BCUT2D eigenvalue weighted by atomic mass is 9.99. The fourth-order valence-corrected chi connectivity index (χ4v) is 2.98. The van der Waals surface area contributed by atoms with Gasteiger partial charge in [0.2, 0.25) is 0 Å². The Hall–Kier alpha value is -1.06. The van der Waals surface area contributed by atoms with Crippen molar-refractivity contribution in [2.24, 2.45) is 5.92 Å². The molecule has 0 saturated carbocycles. The summed E-state index contributed by atoms with van der Waals surface area (Å²) in [5, 5.41) is 0. The first-order chi connectivity index (χ1) is 7.92. The van der Waals surface area contributed by atoms with E-state index in [-0.39, 0.29) is 24.1 Å². The van der Waals surface area contributed by atoms with Crippen LogP contribution in [0.4, 0.5) is 4.79 Å². The highest BCUT2D eigenvalue weighted by Gasteiger charge is 2.47. The summed E-state index contributed by atoms with van der Waals surface area (Å²) >= 11 is 0. The molecule has 17 heavy (non-hydrogen) atoms. The van der Waals surface area contributed by atoms with E-state index in [1.165, 1.54) is 0 Å². The lowest BCUT2D eigenvalue weighted by Crippen LogP contribution is -2.47. The maximum atomic E-state index is 12.1. The predicted octanol–water partition coefficient (Wildman–Crippen LogP) is 2.36. The third kappa shape index (κ3) is 2.45. The molecule has 0 aromatic heterocycles. The molecule has 2 fully saturated rings. The van der Waals surface area contributed by atoms with Crippen molar-refractivity contribution >= 4 is 12.4 Å². The standard InChI is InChI=1S/C13H21NO3/c1-13(2,3)17-12(16)14-10-5-4-6-11(14)9(7-10)8-15/h8-11H,4-7H2,1-3H3. The molecule has 0 spiro atoms. The number of hydrogen-bond donors (Lipinski definition) is 0. The number of piperidine rings is 1. The van der Waals surface area contributed by atoms with E-state index in [2.05, 4.69) is 0 Å². The normalized spacial score (nSPS) is 32.4. The van der Waals surface area contributed by atoms with Crippen molar-refractivity contribution in [2.75, 3.05) is 0 Å². The summed E-state index contributed by atoms with van der Waals surface area (Å²) in [6.07, 6.45) is 4.61. The van der Waals surface area contributed by atoms with Crippen molar-refractivity contribution in [3.05, 3.63) is 0 Å². The molecule has 3 unspecified atom stereocenters. The Bertz CT molecular complexity index is 321. The first-order valence-corrected chi connectivity index (χ1v) is 6.39. The average Bonchev–Trinajstić information content (AvgIpc) is 2.43. The molecule has 0 radical (unpaired) electrons. The number of fused-ring (bicyclic) bond motifs is 2. The van der Waals surface area contributed by atoms with Gasteiger partial charge in [0.1, 0.15) is 11.9 Å². The van der Waals surface area contributed by atoms with Crippen molar-refractivity contribution in [1.29, 1.82) is 0 Å². The smallest absolute Gasteiger partial charge is 0.410 e. The average molecular weight is 239 g/mol. The molecule has 2 rings (SSSR count). The molecule has 1 amide bonds. The number of hydrogen-bond acceptors (Lipinski definition) is 3. The number of nitrogens with zero attached hydrogens (tertiary/aromatic N) is 1. The van der Waals surface area contributed by atoms with Crippen molar-refractivity contribution in [2.45, 2.75) is 64.1 Å². The van der Waals surface area contributed by atoms with Crippen molar-refractivity contribution < 1.29 is 14.3 Å². The van der Waals surface area contributed by atoms with E-state index in [1.807, 2.05) is 25.7 Å². The van der Waals surface area contributed by atoms with Gasteiger partial charge < -0.3 is 14.4 Å². The Kier molecular flexibility index (Phi) is 3.15. The fourth-order valence-electron chi connectivity index (χ4n) is 2.98. The van der Waals surface area contributed by atoms with Crippen LogP contribution >= 0.6 is 0 Å². The quantitative estimate of drug-likeness (QED) is 0.660. The molecule has 4 nitrogen and oxygen atoms in total. The molecule has 4 heteroatoms. The SMILES string of the molecule is CC(C)(C)OC(=O)N1C2CCCC1C(C=O)C2. The monoisotopic (exact) mass is 239 g/mol. The largest absolute Gasteiger partial charge is 0.444 e. The van der Waals surface area contributed by atoms with Gasteiger partial charge in [-0.3, -0.25) is 0 Å². The summed E-state index contributed by atoms with van der Waals surface area (Å²) in [6.45, 7) is 5.61. The number of carbonyl (C=O) groups excluding carboxylic acids is 2. The van der Waals surface area contributed by atoms with Gasteiger partial charge in [-0.2, -0.15) is 0 Å². The van der Waals surface area contributed by atoms with Crippen LogP contribution in [0, 0.1) is 5.92 Å². The first-order valence-electron chi connectivity index (χ1n) is 6.39. The number of rotatable bonds is 1. The van der Waals surface area contributed by atoms with Gasteiger partial charge in [0.25, 0.3) is 0 Å². The minimum atomic E-state index is -0.468. The maximum absolute atomic E-state index is 12.1. The number of ether oxygens (including phenoxy) is 1. The summed E-state index contributed by atoms with van der Waals surface area (Å²) in [4.78, 5) is 25.0. The third-order valence-electron chi connectivity index (χ3n) is 3.61. The van der Waals surface area contributed by atoms with E-state index in [0.29, 0.717) is 0 Å². The molecule has 0 aromatic rings. The molecule has 2 saturated heterocycles. The lowest BCUT2D eigenvalue weighted by molar-refractivity contribution is -0.111. The summed E-state index contributed by atoms with van der Waals surface area (Å²) in [6, 6.07) is 0.278. The molecule has 2 heterocycles. The molecule has 0 N–H and O–H groups in total. The van der Waals surface area contributed by atoms with Crippen LogP contribution in [0.2, 0.25) is 0 Å². The highest BCUT2D eigenvalue weighted by atomic mass is 16.6. The Balaban J connectivity index is 2.11. The zero-order chi connectivity index (χ0) is 12.6. The van der Waals surface area contributed by atoms with Gasteiger partial charge in [-0.05, 0) is 46.5 Å². The molecule has 2 bridgehead atoms. The van der Waals surface area contributed by atoms with Crippen molar-refractivity contribution in [1.82, 2.24) is 4.90 Å². The Morgan fingerprint density at radius 1 is 1.35 bits per heavy atom. The van der Waals surface area contributed by atoms with Gasteiger partial charge in [-0.15, -0.1) is 0 Å². The molecular weight excluding hydrogens is 218 g/mol. The van der Waals surface area contributed by atoms with Gasteiger partial charge in [-0.25, -0.2) is 4.79 Å². The van der Waals surface area contributed by atoms with Crippen LogP contribution < -0.4 is 0 Å². The van der Waals surface area contributed by atoms with Gasteiger partial charge in [0, 0.05) is 18.0 Å². The highest BCUT2D eigenvalue weighted by Crippen LogP contribution is 2.39. The molecule has 0 aromatic carbocycles. The second-order valence-electron chi connectivity index (χ2n) is 6.08. The van der Waals surface area contributed by atoms with Gasteiger partial charge in [-0.1, -0.05) is 0 Å². The summed E-state index contributed by atoms with van der Waals surface area (Å²) in [5.74, 6) is 0.00928. The van der Waals surface area contributed by atoms with Crippen LogP contribution in [0.1, 0.15) is 46.5 Å². The van der Waals surface area contributed by atoms with Crippen LogP contribution in [0.25, 0.3) is 0 Å². The second-order valence-corrected chi connectivity index (χ2v) is 6.08. The van der Waals surface area contributed by atoms with Crippen LogP contribution in [0.3, 0.4) is 0 Å². The summed E-state index contributed by atoms with van der Waals surface area (Å²) in [7, 11) is 0. The minimum absolute atomic E-state index is 0.00928. The van der Waals surface area contributed by atoms with Crippen molar-refractivity contribution in [3.8, 4) is 0 Å². The van der Waals surface area contributed by atoms with E-state index in [0.717, 1.165) is 32.0 Å². The Morgan fingerprint density at radius 3 is 2.65 bits per heavy atom. The zero-order valence-electron chi connectivity index (χ0n) is 10.8. The van der Waals surface area contributed by atoms with E-state index in [4.69, 9.17) is 4.74 Å². The summed E-state index contributed by atoms with van der Waals surface area (Å²) in [5.41, 5.74) is -0.468. The molecule has 3 atom stereocenters. The van der Waals surface area contributed by atoms with Gasteiger partial charge >= 0.3 is 6.09 Å². The number of amides is 1. The third-order valence-corrected chi connectivity index (χ3v) is 3.61. The first kappa shape index (κ1) is 12.4. The van der Waals surface area contributed by atoms with Crippen LogP contribution in [-0.4, -0.2) is 35.0 Å². The fraction of sp³-hybridized carbons (Fsp3) is 0.846. The van der Waals surface area contributed by atoms with Gasteiger partial charge in [0.15, 0.2) is 0 Å². The van der Waals surface area contributed by atoms with Crippen LogP contribution in [0.15, 0.2) is 0 Å². The van der Waals surface area contributed by atoms with Crippen LogP contribution in [-0.2, 0) is 9.53 Å². The van der Waals surface area contributed by atoms with Gasteiger partial charge in [0.05, 0.1) is 0 Å².